The largest absolute Gasteiger partial charge is 0.377 e. The maximum Gasteiger partial charge on any atom is 0.0601 e. The lowest BCUT2D eigenvalue weighted by molar-refractivity contribution is -0.0179. The number of hydrogen-bond donors (Lipinski definition) is 0. The second-order valence-electron chi connectivity index (χ2n) is 6.35. The van der Waals surface area contributed by atoms with Gasteiger partial charge < -0.3 is 9.64 Å². The van der Waals surface area contributed by atoms with Crippen LogP contribution in [0.4, 0.5) is 0 Å². The second-order valence-corrected chi connectivity index (χ2v) is 6.35. The van der Waals surface area contributed by atoms with E-state index >= 15 is 0 Å². The monoisotopic (exact) mass is 268 g/mol. The van der Waals surface area contributed by atoms with Crippen LogP contribution in [0.3, 0.4) is 0 Å². The van der Waals surface area contributed by atoms with E-state index in [1.165, 1.54) is 64.8 Å². The van der Waals surface area contributed by atoms with Crippen molar-refractivity contribution in [2.75, 3.05) is 45.9 Å². The first kappa shape index (κ1) is 15.3. The first-order valence-electron chi connectivity index (χ1n) is 8.36. The van der Waals surface area contributed by atoms with Crippen LogP contribution >= 0.6 is 0 Å². The van der Waals surface area contributed by atoms with Crippen LogP contribution in [0, 0.1) is 5.92 Å². The van der Waals surface area contributed by atoms with Crippen LogP contribution in [-0.4, -0.2) is 61.8 Å². The van der Waals surface area contributed by atoms with Gasteiger partial charge in [0.05, 0.1) is 12.7 Å². The molecule has 0 spiro atoms. The maximum atomic E-state index is 6.12. The van der Waals surface area contributed by atoms with Crippen LogP contribution in [-0.2, 0) is 4.74 Å². The molecule has 3 heteroatoms. The van der Waals surface area contributed by atoms with Crippen LogP contribution in [0.5, 0.6) is 0 Å². The highest BCUT2D eigenvalue weighted by Gasteiger charge is 2.22. The van der Waals surface area contributed by atoms with Gasteiger partial charge in [-0.15, -0.1) is 0 Å². The van der Waals surface area contributed by atoms with E-state index in [0.29, 0.717) is 6.10 Å². The minimum absolute atomic E-state index is 0.537. The molecule has 2 rings (SSSR count). The third-order valence-corrected chi connectivity index (χ3v) is 4.78. The molecule has 1 aliphatic carbocycles. The lowest BCUT2D eigenvalue weighted by Gasteiger charge is -2.35. The molecule has 19 heavy (non-hydrogen) atoms. The van der Waals surface area contributed by atoms with E-state index in [2.05, 4.69) is 23.6 Å². The van der Waals surface area contributed by atoms with Gasteiger partial charge in [0.25, 0.3) is 0 Å². The van der Waals surface area contributed by atoms with E-state index in [-0.39, 0.29) is 0 Å². The van der Waals surface area contributed by atoms with Crippen molar-refractivity contribution >= 4 is 0 Å². The normalized spacial score (nSPS) is 30.6. The fourth-order valence-electron chi connectivity index (χ4n) is 3.42. The van der Waals surface area contributed by atoms with Crippen LogP contribution in [0.2, 0.25) is 0 Å². The summed E-state index contributed by atoms with van der Waals surface area (Å²) in [7, 11) is 0. The number of rotatable bonds is 6. The predicted octanol–water partition coefficient (Wildman–Crippen LogP) is 2.61. The van der Waals surface area contributed by atoms with Gasteiger partial charge in [0, 0.05) is 32.7 Å². The molecule has 0 bridgehead atoms. The van der Waals surface area contributed by atoms with Crippen molar-refractivity contribution in [1.29, 1.82) is 0 Å². The van der Waals surface area contributed by atoms with E-state index in [1.54, 1.807) is 0 Å². The molecule has 0 unspecified atom stereocenters. The topological polar surface area (TPSA) is 15.7 Å². The molecule has 2 fully saturated rings. The Hall–Kier alpha value is -0.120. The highest BCUT2D eigenvalue weighted by Crippen LogP contribution is 2.26. The van der Waals surface area contributed by atoms with E-state index in [9.17, 15) is 0 Å². The van der Waals surface area contributed by atoms with Gasteiger partial charge in [-0.25, -0.2) is 0 Å². The summed E-state index contributed by atoms with van der Waals surface area (Å²) in [6.07, 6.45) is 7.23. The zero-order valence-corrected chi connectivity index (χ0v) is 12.9. The fraction of sp³-hybridized carbons (Fsp3) is 1.00. The van der Waals surface area contributed by atoms with Gasteiger partial charge in [0.15, 0.2) is 0 Å². The molecule has 1 saturated heterocycles. The quantitative estimate of drug-likeness (QED) is 0.736. The molecule has 0 radical (unpaired) electrons. The molecule has 2 atom stereocenters. The zero-order valence-electron chi connectivity index (χ0n) is 12.9. The average Bonchev–Trinajstić information content (AvgIpc) is 2.43. The summed E-state index contributed by atoms with van der Waals surface area (Å²) in [5.74, 6) is 0.773. The summed E-state index contributed by atoms with van der Waals surface area (Å²) in [6, 6.07) is 0. The number of ether oxygens (including phenoxy) is 1. The Morgan fingerprint density at radius 3 is 2.21 bits per heavy atom. The summed E-state index contributed by atoms with van der Waals surface area (Å²) < 4.78 is 6.12. The Kier molecular flexibility index (Phi) is 6.62. The summed E-state index contributed by atoms with van der Waals surface area (Å²) >= 11 is 0. The lowest BCUT2D eigenvalue weighted by atomic mass is 9.88. The van der Waals surface area contributed by atoms with Gasteiger partial charge in [0.1, 0.15) is 0 Å². The van der Waals surface area contributed by atoms with Crippen molar-refractivity contribution in [3.05, 3.63) is 0 Å². The third-order valence-electron chi connectivity index (χ3n) is 4.78. The summed E-state index contributed by atoms with van der Waals surface area (Å²) in [5.41, 5.74) is 0. The SMILES string of the molecule is CCCN1CCN(CCO[C@@H]2CCCC[C@H]2C)CC1. The summed E-state index contributed by atoms with van der Waals surface area (Å²) in [6.45, 7) is 12.9. The lowest BCUT2D eigenvalue weighted by Crippen LogP contribution is -2.47. The molecule has 1 aliphatic heterocycles. The third kappa shape index (κ3) is 5.05. The van der Waals surface area contributed by atoms with Crippen LogP contribution in [0.15, 0.2) is 0 Å². The Balaban J connectivity index is 1.56. The van der Waals surface area contributed by atoms with Gasteiger partial charge in [-0.2, -0.15) is 0 Å². The Labute approximate surface area is 119 Å². The van der Waals surface area contributed by atoms with Crippen molar-refractivity contribution in [2.24, 2.45) is 5.92 Å². The molecule has 112 valence electrons. The van der Waals surface area contributed by atoms with Gasteiger partial charge in [-0.05, 0) is 31.7 Å². The second kappa shape index (κ2) is 8.23. The van der Waals surface area contributed by atoms with Crippen molar-refractivity contribution in [3.63, 3.8) is 0 Å². The van der Waals surface area contributed by atoms with Crippen molar-refractivity contribution in [2.45, 2.75) is 52.1 Å². The van der Waals surface area contributed by atoms with E-state index in [4.69, 9.17) is 4.74 Å². The van der Waals surface area contributed by atoms with E-state index in [0.717, 1.165) is 19.1 Å². The molecular weight excluding hydrogens is 236 g/mol. The molecule has 1 heterocycles. The minimum atomic E-state index is 0.537. The molecular formula is C16H32N2O. The summed E-state index contributed by atoms with van der Waals surface area (Å²) in [4.78, 5) is 5.15. The van der Waals surface area contributed by atoms with E-state index in [1.807, 2.05) is 0 Å². The van der Waals surface area contributed by atoms with Crippen LogP contribution < -0.4 is 0 Å². The summed E-state index contributed by atoms with van der Waals surface area (Å²) in [5, 5.41) is 0. The highest BCUT2D eigenvalue weighted by molar-refractivity contribution is 4.74. The maximum absolute atomic E-state index is 6.12. The highest BCUT2D eigenvalue weighted by atomic mass is 16.5. The van der Waals surface area contributed by atoms with Crippen molar-refractivity contribution in [1.82, 2.24) is 9.80 Å². The molecule has 2 aliphatic rings. The van der Waals surface area contributed by atoms with Gasteiger partial charge >= 0.3 is 0 Å². The fourth-order valence-corrected chi connectivity index (χ4v) is 3.42. The molecule has 0 aromatic heterocycles. The van der Waals surface area contributed by atoms with Gasteiger partial charge in [-0.3, -0.25) is 4.90 Å². The van der Waals surface area contributed by atoms with Gasteiger partial charge in [0.2, 0.25) is 0 Å². The van der Waals surface area contributed by atoms with Gasteiger partial charge in [-0.1, -0.05) is 26.7 Å². The molecule has 0 aromatic carbocycles. The Morgan fingerprint density at radius 1 is 0.947 bits per heavy atom. The predicted molar refractivity (Wildman–Crippen MR) is 80.5 cm³/mol. The minimum Gasteiger partial charge on any atom is -0.377 e. The number of piperazine rings is 1. The first-order chi connectivity index (χ1) is 9.29. The molecule has 0 aromatic rings. The van der Waals surface area contributed by atoms with Crippen LogP contribution in [0.1, 0.15) is 46.0 Å². The standard InChI is InChI=1S/C16H32N2O/c1-3-8-17-9-11-18(12-10-17)13-14-19-16-7-5-4-6-15(16)2/h15-16H,3-14H2,1-2H3/t15-,16-/m1/s1. The molecule has 0 amide bonds. The molecule has 1 saturated carbocycles. The Bertz CT molecular complexity index is 239. The van der Waals surface area contributed by atoms with Crippen molar-refractivity contribution in [3.8, 4) is 0 Å². The number of hydrogen-bond acceptors (Lipinski definition) is 3. The van der Waals surface area contributed by atoms with Crippen LogP contribution in [0.25, 0.3) is 0 Å². The molecule has 0 N–H and O–H groups in total. The first-order valence-corrected chi connectivity index (χ1v) is 8.36. The average molecular weight is 268 g/mol. The Morgan fingerprint density at radius 2 is 1.58 bits per heavy atom. The van der Waals surface area contributed by atoms with E-state index < -0.39 is 0 Å². The number of nitrogens with zero attached hydrogens (tertiary/aromatic N) is 2. The van der Waals surface area contributed by atoms with Crippen molar-refractivity contribution < 1.29 is 4.74 Å². The smallest absolute Gasteiger partial charge is 0.0601 e. The molecule has 3 nitrogen and oxygen atoms in total. The zero-order chi connectivity index (χ0) is 13.5.